The Morgan fingerprint density at radius 2 is 1.71 bits per heavy atom. The van der Waals surface area contributed by atoms with Gasteiger partial charge in [-0.2, -0.15) is 0 Å². The van der Waals surface area contributed by atoms with Gasteiger partial charge in [-0.05, 0) is 72.8 Å². The number of carbonyl (C=O) groups is 1. The van der Waals surface area contributed by atoms with Gasteiger partial charge in [0.05, 0.1) is 0 Å². The molecule has 28 heavy (non-hydrogen) atoms. The van der Waals surface area contributed by atoms with Crippen LogP contribution in [0.25, 0.3) is 0 Å². The Morgan fingerprint density at radius 1 is 0.929 bits per heavy atom. The van der Waals surface area contributed by atoms with Crippen LogP contribution in [0.5, 0.6) is 0 Å². The summed E-state index contributed by atoms with van der Waals surface area (Å²) in [5.74, 6) is -0.192. The number of amides is 1. The number of aromatic nitrogens is 1. The molecule has 3 rings (SSSR count). The maximum Gasteiger partial charge on any atom is 0.274 e. The van der Waals surface area contributed by atoms with Gasteiger partial charge in [0.1, 0.15) is 5.69 Å². The highest BCUT2D eigenvalue weighted by molar-refractivity contribution is 8.00. The van der Waals surface area contributed by atoms with Crippen molar-refractivity contribution in [2.75, 3.05) is 10.0 Å². The molecule has 0 aliphatic rings. The normalized spacial score (nSPS) is 10.5. The van der Waals surface area contributed by atoms with Crippen molar-refractivity contribution in [1.29, 1.82) is 0 Å². The van der Waals surface area contributed by atoms with Gasteiger partial charge < -0.3 is 10.0 Å². The molecular formula is C23H25N3OS. The van der Waals surface area contributed by atoms with E-state index < -0.39 is 0 Å². The third-order valence-corrected chi connectivity index (χ3v) is 5.14. The van der Waals surface area contributed by atoms with E-state index in [1.165, 1.54) is 30.4 Å². The first-order valence-corrected chi connectivity index (χ1v) is 10.4. The average molecular weight is 392 g/mol. The molecule has 144 valence electrons. The SMILES string of the molecule is CCCCCc1ccc(C(=O)Nc2ccc(SNc3ccccc3)cc2)nc1. The third kappa shape index (κ3) is 6.13. The van der Waals surface area contributed by atoms with E-state index in [-0.39, 0.29) is 5.91 Å². The lowest BCUT2D eigenvalue weighted by molar-refractivity contribution is 0.102. The second-order valence-electron chi connectivity index (χ2n) is 6.56. The molecule has 2 aromatic carbocycles. The maximum absolute atomic E-state index is 12.4. The van der Waals surface area contributed by atoms with Gasteiger partial charge in [-0.15, -0.1) is 0 Å². The number of hydrogen-bond acceptors (Lipinski definition) is 4. The Bertz CT molecular complexity index is 865. The summed E-state index contributed by atoms with van der Waals surface area (Å²) in [4.78, 5) is 17.8. The summed E-state index contributed by atoms with van der Waals surface area (Å²) in [5, 5.41) is 2.90. The number of carbonyl (C=O) groups excluding carboxylic acids is 1. The first-order chi connectivity index (χ1) is 13.7. The molecule has 0 aliphatic heterocycles. The largest absolute Gasteiger partial charge is 0.326 e. The summed E-state index contributed by atoms with van der Waals surface area (Å²) in [6, 6.07) is 21.5. The van der Waals surface area contributed by atoms with Crippen LogP contribution in [0.1, 0.15) is 42.2 Å². The summed E-state index contributed by atoms with van der Waals surface area (Å²) in [5.41, 5.74) is 3.41. The predicted molar refractivity (Wildman–Crippen MR) is 118 cm³/mol. The second-order valence-corrected chi connectivity index (χ2v) is 7.44. The van der Waals surface area contributed by atoms with Gasteiger partial charge in [0, 0.05) is 22.5 Å². The van der Waals surface area contributed by atoms with Crippen molar-refractivity contribution in [3.8, 4) is 0 Å². The monoisotopic (exact) mass is 391 g/mol. The molecule has 0 bridgehead atoms. The van der Waals surface area contributed by atoms with Crippen molar-refractivity contribution in [3.63, 3.8) is 0 Å². The fourth-order valence-electron chi connectivity index (χ4n) is 2.71. The van der Waals surface area contributed by atoms with E-state index >= 15 is 0 Å². The number of para-hydroxylation sites is 1. The summed E-state index contributed by atoms with van der Waals surface area (Å²) in [7, 11) is 0. The fraction of sp³-hybridized carbons (Fsp3) is 0.217. The van der Waals surface area contributed by atoms with Crippen LogP contribution in [0.2, 0.25) is 0 Å². The molecule has 0 unspecified atom stereocenters. The van der Waals surface area contributed by atoms with E-state index in [0.29, 0.717) is 5.69 Å². The number of aryl methyl sites for hydroxylation is 1. The van der Waals surface area contributed by atoms with E-state index in [2.05, 4.69) is 21.9 Å². The fourth-order valence-corrected chi connectivity index (χ4v) is 3.36. The topological polar surface area (TPSA) is 54.0 Å². The van der Waals surface area contributed by atoms with Crippen molar-refractivity contribution in [2.45, 2.75) is 37.5 Å². The van der Waals surface area contributed by atoms with Gasteiger partial charge in [0.15, 0.2) is 0 Å². The van der Waals surface area contributed by atoms with Gasteiger partial charge in [-0.25, -0.2) is 0 Å². The van der Waals surface area contributed by atoms with E-state index in [0.717, 1.165) is 29.1 Å². The molecule has 3 aromatic rings. The molecule has 1 aromatic heterocycles. The Morgan fingerprint density at radius 3 is 2.39 bits per heavy atom. The molecule has 1 heterocycles. The van der Waals surface area contributed by atoms with Crippen LogP contribution >= 0.6 is 11.9 Å². The molecule has 2 N–H and O–H groups in total. The highest BCUT2D eigenvalue weighted by Crippen LogP contribution is 2.22. The molecule has 0 radical (unpaired) electrons. The van der Waals surface area contributed by atoms with Gasteiger partial charge in [0.25, 0.3) is 5.91 Å². The minimum Gasteiger partial charge on any atom is -0.326 e. The van der Waals surface area contributed by atoms with E-state index in [1.54, 1.807) is 12.3 Å². The second kappa shape index (κ2) is 10.5. The third-order valence-electron chi connectivity index (χ3n) is 4.30. The Hall–Kier alpha value is -2.79. The first kappa shape index (κ1) is 20.0. The van der Waals surface area contributed by atoms with Crippen LogP contribution in [0, 0.1) is 0 Å². The molecular weight excluding hydrogens is 366 g/mol. The molecule has 0 spiro atoms. The minimum atomic E-state index is -0.192. The van der Waals surface area contributed by atoms with E-state index in [1.807, 2.05) is 60.7 Å². The van der Waals surface area contributed by atoms with Crippen LogP contribution < -0.4 is 10.0 Å². The van der Waals surface area contributed by atoms with Gasteiger partial charge in [-0.1, -0.05) is 44.0 Å². The van der Waals surface area contributed by atoms with Gasteiger partial charge in [-0.3, -0.25) is 9.78 Å². The summed E-state index contributed by atoms with van der Waals surface area (Å²) >= 11 is 1.53. The van der Waals surface area contributed by atoms with Crippen LogP contribution in [0.4, 0.5) is 11.4 Å². The Kier molecular flexibility index (Phi) is 7.50. The van der Waals surface area contributed by atoms with Crippen LogP contribution in [0.15, 0.2) is 77.8 Å². The summed E-state index contributed by atoms with van der Waals surface area (Å²) < 4.78 is 3.29. The van der Waals surface area contributed by atoms with Crippen molar-refractivity contribution in [1.82, 2.24) is 4.98 Å². The zero-order chi connectivity index (χ0) is 19.6. The zero-order valence-corrected chi connectivity index (χ0v) is 16.8. The smallest absolute Gasteiger partial charge is 0.274 e. The summed E-state index contributed by atoms with van der Waals surface area (Å²) in [6.45, 7) is 2.19. The number of pyridine rings is 1. The number of rotatable bonds is 9. The highest BCUT2D eigenvalue weighted by Gasteiger charge is 2.08. The van der Waals surface area contributed by atoms with Crippen LogP contribution in [-0.2, 0) is 6.42 Å². The Labute approximate surface area is 170 Å². The van der Waals surface area contributed by atoms with Crippen LogP contribution in [0.3, 0.4) is 0 Å². The number of nitrogens with one attached hydrogen (secondary N) is 2. The quantitative estimate of drug-likeness (QED) is 0.337. The molecule has 0 saturated carbocycles. The highest BCUT2D eigenvalue weighted by atomic mass is 32.2. The molecule has 0 atom stereocenters. The van der Waals surface area contributed by atoms with Crippen LogP contribution in [-0.4, -0.2) is 10.9 Å². The number of unbranched alkanes of at least 4 members (excludes halogenated alkanes) is 2. The van der Waals surface area contributed by atoms with E-state index in [9.17, 15) is 4.79 Å². The van der Waals surface area contributed by atoms with Crippen molar-refractivity contribution in [3.05, 3.63) is 84.2 Å². The molecule has 5 heteroatoms. The number of hydrogen-bond donors (Lipinski definition) is 2. The number of anilines is 2. The number of nitrogens with zero attached hydrogens (tertiary/aromatic N) is 1. The minimum absolute atomic E-state index is 0.192. The molecule has 4 nitrogen and oxygen atoms in total. The standard InChI is InChI=1S/C23H25N3OS/c1-2-3-5-8-18-11-16-22(24-17-18)23(27)25-19-12-14-21(15-13-19)28-26-20-9-6-4-7-10-20/h4,6-7,9-17,26H,2-3,5,8H2,1H3,(H,25,27). The first-order valence-electron chi connectivity index (χ1n) is 9.59. The molecule has 0 aliphatic carbocycles. The Balaban J connectivity index is 1.51. The number of benzene rings is 2. The lowest BCUT2D eigenvalue weighted by Crippen LogP contribution is -2.13. The predicted octanol–water partition coefficient (Wildman–Crippen LogP) is 6.19. The molecule has 0 saturated heterocycles. The zero-order valence-electron chi connectivity index (χ0n) is 16.0. The van der Waals surface area contributed by atoms with Gasteiger partial charge >= 0.3 is 0 Å². The van der Waals surface area contributed by atoms with Gasteiger partial charge in [0.2, 0.25) is 0 Å². The lowest BCUT2D eigenvalue weighted by Gasteiger charge is -2.08. The average Bonchev–Trinajstić information content (AvgIpc) is 2.75. The lowest BCUT2D eigenvalue weighted by atomic mass is 10.1. The van der Waals surface area contributed by atoms with Crippen molar-refractivity contribution in [2.24, 2.45) is 0 Å². The molecule has 1 amide bonds. The van der Waals surface area contributed by atoms with Crippen molar-refractivity contribution < 1.29 is 4.79 Å². The molecule has 0 fully saturated rings. The maximum atomic E-state index is 12.4. The van der Waals surface area contributed by atoms with E-state index in [4.69, 9.17) is 0 Å². The summed E-state index contributed by atoms with van der Waals surface area (Å²) in [6.07, 6.45) is 6.40. The van der Waals surface area contributed by atoms with Crippen molar-refractivity contribution >= 4 is 29.2 Å².